The van der Waals surface area contributed by atoms with Gasteiger partial charge in [0.25, 0.3) is 5.56 Å². The summed E-state index contributed by atoms with van der Waals surface area (Å²) < 4.78 is 0.296. The van der Waals surface area contributed by atoms with Crippen LogP contribution in [0.4, 0.5) is 4.79 Å². The molecule has 4 N–H and O–H groups in total. The van der Waals surface area contributed by atoms with Gasteiger partial charge in [-0.25, -0.2) is 19.0 Å². The Hall–Kier alpha value is -2.38. The van der Waals surface area contributed by atoms with Crippen LogP contribution in [0.5, 0.6) is 0 Å². The number of carboxylic acids is 1. The number of nitrogens with one attached hydrogen (secondary N) is 1. The maximum absolute atomic E-state index is 10.9. The largest absolute Gasteiger partial charge is 0.477 e. The van der Waals surface area contributed by atoms with Gasteiger partial charge in [-0.15, -0.1) is 0 Å². The van der Waals surface area contributed by atoms with Crippen molar-refractivity contribution in [1.82, 2.24) is 9.55 Å². The molecule has 0 atom stereocenters. The predicted octanol–water partition coefficient (Wildman–Crippen LogP) is -1.84. The molecule has 1 amide bonds. The van der Waals surface area contributed by atoms with Crippen LogP contribution in [-0.2, 0) is 0 Å². The summed E-state index contributed by atoms with van der Waals surface area (Å²) in [4.78, 5) is 44.4. The molecule has 8 heteroatoms. The van der Waals surface area contributed by atoms with Crippen molar-refractivity contribution in [2.24, 2.45) is 5.73 Å². The van der Waals surface area contributed by atoms with Crippen molar-refractivity contribution in [3.8, 4) is 0 Å². The summed E-state index contributed by atoms with van der Waals surface area (Å²) in [6.07, 6.45) is 0.575. The average Bonchev–Trinajstić information content (AvgIpc) is 2.02. The van der Waals surface area contributed by atoms with Gasteiger partial charge >= 0.3 is 17.7 Å². The molecule has 0 fully saturated rings. The Morgan fingerprint density at radius 3 is 2.43 bits per heavy atom. The second kappa shape index (κ2) is 3.17. The maximum atomic E-state index is 10.9. The molecular weight excluding hydrogens is 194 g/mol. The van der Waals surface area contributed by atoms with Gasteiger partial charge in [-0.1, -0.05) is 0 Å². The predicted molar refractivity (Wildman–Crippen MR) is 43.3 cm³/mol. The molecule has 0 aliphatic carbocycles. The molecule has 0 spiro atoms. The highest BCUT2D eigenvalue weighted by Gasteiger charge is 2.13. The normalized spacial score (nSPS) is 9.71. The standard InChI is InChI=1S/C6H5N3O5/c7-5(13)9-1-2(4(11)12)3(10)8-6(9)14/h1H,(H2,7,13)(H,11,12)(H,8,10,14). The van der Waals surface area contributed by atoms with Gasteiger partial charge < -0.3 is 10.8 Å². The van der Waals surface area contributed by atoms with Crippen molar-refractivity contribution in [3.05, 3.63) is 32.6 Å². The maximum Gasteiger partial charge on any atom is 0.342 e. The van der Waals surface area contributed by atoms with Crippen molar-refractivity contribution in [1.29, 1.82) is 0 Å². The number of nitrogens with two attached hydrogens (primary N) is 1. The Kier molecular flexibility index (Phi) is 2.19. The lowest BCUT2D eigenvalue weighted by Crippen LogP contribution is -2.38. The van der Waals surface area contributed by atoms with Gasteiger partial charge in [-0.3, -0.25) is 9.78 Å². The molecule has 1 heterocycles. The number of rotatable bonds is 1. The number of amides is 1. The number of carboxylic acid groups (broad SMARTS) is 1. The zero-order valence-electron chi connectivity index (χ0n) is 6.68. The molecule has 0 aliphatic rings. The third-order valence-electron chi connectivity index (χ3n) is 1.41. The average molecular weight is 199 g/mol. The van der Waals surface area contributed by atoms with Gasteiger partial charge in [-0.2, -0.15) is 0 Å². The molecule has 14 heavy (non-hydrogen) atoms. The van der Waals surface area contributed by atoms with E-state index in [2.05, 4.69) is 0 Å². The van der Waals surface area contributed by atoms with Crippen molar-refractivity contribution >= 4 is 12.0 Å². The molecule has 8 nitrogen and oxygen atoms in total. The Bertz CT molecular complexity index is 468. The number of carbonyl (C=O) groups excluding carboxylic acids is 1. The minimum Gasteiger partial charge on any atom is -0.477 e. The lowest BCUT2D eigenvalue weighted by Gasteiger charge is -1.99. The molecule has 0 aliphatic heterocycles. The summed E-state index contributed by atoms with van der Waals surface area (Å²) in [5, 5.41) is 8.48. The first kappa shape index (κ1) is 9.71. The highest BCUT2D eigenvalue weighted by molar-refractivity contribution is 5.87. The van der Waals surface area contributed by atoms with Crippen molar-refractivity contribution in [2.45, 2.75) is 0 Å². The lowest BCUT2D eigenvalue weighted by molar-refractivity contribution is 0.0694. The van der Waals surface area contributed by atoms with Gasteiger partial charge in [0.05, 0.1) is 0 Å². The number of H-pyrrole nitrogens is 1. The molecule has 0 saturated heterocycles. The number of primary amides is 1. The summed E-state index contributed by atoms with van der Waals surface area (Å²) in [6.45, 7) is 0. The van der Waals surface area contributed by atoms with E-state index in [1.807, 2.05) is 0 Å². The molecule has 0 radical (unpaired) electrons. The van der Waals surface area contributed by atoms with Gasteiger partial charge in [-0.05, 0) is 0 Å². The van der Waals surface area contributed by atoms with Crippen molar-refractivity contribution in [2.75, 3.05) is 0 Å². The number of hydrogen-bond acceptors (Lipinski definition) is 4. The van der Waals surface area contributed by atoms with Crippen LogP contribution < -0.4 is 17.0 Å². The minimum atomic E-state index is -1.55. The Labute approximate surface area is 75.6 Å². The van der Waals surface area contributed by atoms with E-state index in [4.69, 9.17) is 10.8 Å². The second-order valence-corrected chi connectivity index (χ2v) is 2.32. The fourth-order valence-electron chi connectivity index (χ4n) is 0.787. The number of aromatic carboxylic acids is 1. The fourth-order valence-corrected chi connectivity index (χ4v) is 0.787. The summed E-state index contributed by atoms with van der Waals surface area (Å²) in [5.74, 6) is -1.55. The van der Waals surface area contributed by atoms with Crippen molar-refractivity contribution < 1.29 is 14.7 Å². The number of carbonyl (C=O) groups is 2. The first-order chi connectivity index (χ1) is 6.43. The summed E-state index contributed by atoms with van der Waals surface area (Å²) in [6, 6.07) is -1.17. The van der Waals surface area contributed by atoms with Crippen LogP contribution >= 0.6 is 0 Å². The number of hydrogen-bond donors (Lipinski definition) is 3. The molecule has 1 rings (SSSR count). The van der Waals surface area contributed by atoms with Crippen LogP contribution in [0.15, 0.2) is 15.8 Å². The van der Waals surface area contributed by atoms with E-state index in [0.29, 0.717) is 10.8 Å². The van der Waals surface area contributed by atoms with E-state index in [1.165, 1.54) is 0 Å². The quantitative estimate of drug-likeness (QED) is 0.488. The van der Waals surface area contributed by atoms with Crippen LogP contribution in [0.1, 0.15) is 10.4 Å². The molecular formula is C6H5N3O5. The third kappa shape index (κ3) is 1.53. The summed E-state index contributed by atoms with van der Waals surface area (Å²) >= 11 is 0. The number of aromatic amines is 1. The fraction of sp³-hybridized carbons (Fsp3) is 0. The smallest absolute Gasteiger partial charge is 0.342 e. The first-order valence-electron chi connectivity index (χ1n) is 3.32. The van der Waals surface area contributed by atoms with Crippen LogP contribution in [0.25, 0.3) is 0 Å². The van der Waals surface area contributed by atoms with E-state index in [1.54, 1.807) is 4.98 Å². The summed E-state index contributed by atoms with van der Waals surface area (Å²) in [5.41, 5.74) is 1.85. The molecule has 1 aromatic heterocycles. The van der Waals surface area contributed by atoms with Gasteiger partial charge in [0.1, 0.15) is 5.56 Å². The monoisotopic (exact) mass is 199 g/mol. The molecule has 0 bridgehead atoms. The molecule has 0 aromatic carbocycles. The highest BCUT2D eigenvalue weighted by Crippen LogP contribution is 1.86. The van der Waals surface area contributed by atoms with Gasteiger partial charge in [0, 0.05) is 6.20 Å². The van der Waals surface area contributed by atoms with E-state index in [0.717, 1.165) is 0 Å². The Balaban J connectivity index is 3.59. The molecule has 74 valence electrons. The lowest BCUT2D eigenvalue weighted by atomic mass is 10.3. The SMILES string of the molecule is NC(=O)n1cc(C(=O)O)c(=O)[nH]c1=O. The molecule has 0 unspecified atom stereocenters. The van der Waals surface area contributed by atoms with E-state index in [-0.39, 0.29) is 0 Å². The zero-order valence-corrected chi connectivity index (χ0v) is 6.68. The van der Waals surface area contributed by atoms with E-state index in [9.17, 15) is 19.2 Å². The van der Waals surface area contributed by atoms with Crippen LogP contribution in [0.3, 0.4) is 0 Å². The van der Waals surface area contributed by atoms with Crippen LogP contribution in [0.2, 0.25) is 0 Å². The second-order valence-electron chi connectivity index (χ2n) is 2.32. The Morgan fingerprint density at radius 2 is 2.00 bits per heavy atom. The molecule has 0 saturated carbocycles. The van der Waals surface area contributed by atoms with E-state index >= 15 is 0 Å². The topological polar surface area (TPSA) is 135 Å². The Morgan fingerprint density at radius 1 is 1.43 bits per heavy atom. The van der Waals surface area contributed by atoms with Crippen LogP contribution in [0, 0.1) is 0 Å². The third-order valence-corrected chi connectivity index (χ3v) is 1.41. The number of nitrogens with zero attached hydrogens (tertiary/aromatic N) is 1. The van der Waals surface area contributed by atoms with E-state index < -0.39 is 28.8 Å². The molecule has 1 aromatic rings. The van der Waals surface area contributed by atoms with Gasteiger partial charge in [0.15, 0.2) is 0 Å². The zero-order chi connectivity index (χ0) is 10.9. The number of aromatic nitrogens is 2. The first-order valence-corrected chi connectivity index (χ1v) is 3.32. The van der Waals surface area contributed by atoms with Gasteiger partial charge in [0.2, 0.25) is 0 Å². The highest BCUT2D eigenvalue weighted by atomic mass is 16.4. The van der Waals surface area contributed by atoms with Crippen LogP contribution in [-0.4, -0.2) is 26.7 Å². The minimum absolute atomic E-state index is 0.296. The van der Waals surface area contributed by atoms with Crippen molar-refractivity contribution in [3.63, 3.8) is 0 Å². The summed E-state index contributed by atoms with van der Waals surface area (Å²) in [7, 11) is 0.